The molecular weight excluding hydrogens is 608 g/mol. The molecule has 266 valence electrons. The third-order valence-electron chi connectivity index (χ3n) is 15.2. The number of carboxylic acids is 2. The lowest BCUT2D eigenvalue weighted by Gasteiger charge is -2.71. The van der Waals surface area contributed by atoms with Crippen LogP contribution in [0.15, 0.2) is 11.6 Å². The van der Waals surface area contributed by atoms with Crippen LogP contribution in [0.5, 0.6) is 0 Å². The average Bonchev–Trinajstić information content (AvgIpc) is 2.98. The molecule has 0 aromatic rings. The van der Waals surface area contributed by atoms with E-state index in [1.807, 2.05) is 6.92 Å². The number of hydrogen-bond acceptors (Lipinski definition) is 9. The van der Waals surface area contributed by atoms with Gasteiger partial charge in [0, 0.05) is 5.41 Å². The van der Waals surface area contributed by atoms with Gasteiger partial charge in [-0.25, -0.2) is 4.79 Å². The van der Waals surface area contributed by atoms with Gasteiger partial charge in [-0.1, -0.05) is 53.2 Å². The monoisotopic (exact) mass is 664 g/mol. The molecule has 0 aromatic heterocycles. The quantitative estimate of drug-likeness (QED) is 0.169. The van der Waals surface area contributed by atoms with Crippen molar-refractivity contribution in [3.8, 4) is 0 Å². The van der Waals surface area contributed by atoms with Gasteiger partial charge in [0.15, 0.2) is 12.4 Å². The minimum atomic E-state index is -1.87. The van der Waals surface area contributed by atoms with Crippen molar-refractivity contribution in [3.05, 3.63) is 11.6 Å². The van der Waals surface area contributed by atoms with E-state index in [-0.39, 0.29) is 40.6 Å². The van der Waals surface area contributed by atoms with Gasteiger partial charge in [-0.05, 0) is 97.2 Å². The van der Waals surface area contributed by atoms with Gasteiger partial charge in [-0.15, -0.1) is 0 Å². The lowest BCUT2D eigenvalue weighted by Crippen LogP contribution is -2.69. The fourth-order valence-corrected chi connectivity index (χ4v) is 12.3. The van der Waals surface area contributed by atoms with Crippen LogP contribution in [0.1, 0.15) is 99.3 Å². The molecular formula is C36H56O11. The predicted molar refractivity (Wildman–Crippen MR) is 169 cm³/mol. The molecule has 0 aromatic carbocycles. The van der Waals surface area contributed by atoms with E-state index in [4.69, 9.17) is 9.47 Å². The van der Waals surface area contributed by atoms with E-state index in [9.17, 15) is 45.3 Å². The summed E-state index contributed by atoms with van der Waals surface area (Å²) in [6.07, 6.45) is -2.24. The minimum absolute atomic E-state index is 0.0198. The van der Waals surface area contributed by atoms with E-state index in [1.165, 1.54) is 5.57 Å². The number of aliphatic carboxylic acids is 2. The SMILES string of the molecule is CC1(C)CC[C@]2(C(=O)O)CC[C@]3(C)C(=CC[C@@H]4[C@@]5(C)C[C@@H](O)[C@H](O[C@@H]6O[C@H](C(=O)O)[C@@H](O)[C@H](O)[C@H]6O)[C@@](C)(CO)[C@@H]5CC[C@]43C)[C@@H]2C1. The topological polar surface area (TPSA) is 194 Å². The summed E-state index contributed by atoms with van der Waals surface area (Å²) in [5, 5.41) is 74.3. The van der Waals surface area contributed by atoms with Crippen LogP contribution in [-0.2, 0) is 19.1 Å². The van der Waals surface area contributed by atoms with Gasteiger partial charge in [-0.3, -0.25) is 4.79 Å². The Bertz CT molecular complexity index is 1320. The molecule has 0 spiro atoms. The van der Waals surface area contributed by atoms with Crippen molar-refractivity contribution >= 4 is 11.9 Å². The van der Waals surface area contributed by atoms with Crippen LogP contribution < -0.4 is 0 Å². The van der Waals surface area contributed by atoms with E-state index >= 15 is 0 Å². The highest BCUT2D eigenvalue weighted by Gasteiger charge is 2.71. The standard InChI is InChI=1S/C36H56O11/c1-31(2)11-13-36(30(44)45)14-12-34(5)18(19(36)15-31)7-8-22-32(3)16-20(38)27(33(4,17-37)21(32)9-10-35(22,34)6)47-29-25(41)23(39)24(40)26(46-29)28(42)43/h7,19-27,29,37-41H,8-17H2,1-6H3,(H,42,43)(H,44,45)/t19-,20+,21+,22+,23-,24-,25+,26-,27-,29-,32-,33-,34+,35+,36-/m0/s1. The lowest BCUT2D eigenvalue weighted by molar-refractivity contribution is -0.340. The Morgan fingerprint density at radius 3 is 2.15 bits per heavy atom. The maximum Gasteiger partial charge on any atom is 0.335 e. The number of carbonyl (C=O) groups is 2. The highest BCUT2D eigenvalue weighted by atomic mass is 16.7. The Labute approximate surface area is 277 Å². The van der Waals surface area contributed by atoms with Crippen molar-refractivity contribution < 1.29 is 54.8 Å². The van der Waals surface area contributed by atoms with E-state index in [0.717, 1.165) is 38.5 Å². The van der Waals surface area contributed by atoms with Gasteiger partial charge in [-0.2, -0.15) is 0 Å². The van der Waals surface area contributed by atoms with Gasteiger partial charge in [0.2, 0.25) is 0 Å². The van der Waals surface area contributed by atoms with Gasteiger partial charge < -0.3 is 45.2 Å². The van der Waals surface area contributed by atoms with E-state index in [2.05, 4.69) is 40.7 Å². The zero-order chi connectivity index (χ0) is 34.7. The van der Waals surface area contributed by atoms with E-state index < -0.39 is 71.1 Å². The summed E-state index contributed by atoms with van der Waals surface area (Å²) in [4.78, 5) is 24.7. The molecule has 0 unspecified atom stereocenters. The number of hydrogen-bond donors (Lipinski definition) is 7. The summed E-state index contributed by atoms with van der Waals surface area (Å²) >= 11 is 0. The molecule has 5 aliphatic carbocycles. The molecule has 1 aliphatic heterocycles. The molecule has 0 bridgehead atoms. The molecule has 11 heteroatoms. The third-order valence-corrected chi connectivity index (χ3v) is 15.2. The van der Waals surface area contributed by atoms with E-state index in [1.54, 1.807) is 0 Å². The lowest BCUT2D eigenvalue weighted by atomic mass is 9.33. The highest BCUT2D eigenvalue weighted by molar-refractivity contribution is 5.76. The first-order chi connectivity index (χ1) is 21.7. The number of ether oxygens (including phenoxy) is 2. The van der Waals surface area contributed by atoms with E-state index in [0.29, 0.717) is 19.3 Å². The molecule has 4 saturated carbocycles. The molecule has 1 saturated heterocycles. The van der Waals surface area contributed by atoms with Crippen molar-refractivity contribution in [2.75, 3.05) is 6.61 Å². The second-order valence-corrected chi connectivity index (χ2v) is 17.9. The zero-order valence-corrected chi connectivity index (χ0v) is 28.7. The van der Waals surface area contributed by atoms with Gasteiger partial charge in [0.1, 0.15) is 18.3 Å². The predicted octanol–water partition coefficient (Wildman–Crippen LogP) is 3.09. The van der Waals surface area contributed by atoms with Crippen molar-refractivity contribution in [2.24, 2.45) is 50.2 Å². The molecule has 6 aliphatic rings. The largest absolute Gasteiger partial charge is 0.481 e. The molecule has 7 N–H and O–H groups in total. The zero-order valence-electron chi connectivity index (χ0n) is 28.7. The molecule has 47 heavy (non-hydrogen) atoms. The van der Waals surface area contributed by atoms with Crippen LogP contribution in [-0.4, -0.2) is 97.2 Å². The van der Waals surface area contributed by atoms with Crippen LogP contribution >= 0.6 is 0 Å². The second kappa shape index (κ2) is 11.2. The van der Waals surface area contributed by atoms with Crippen molar-refractivity contribution in [3.63, 3.8) is 0 Å². The Morgan fingerprint density at radius 1 is 0.872 bits per heavy atom. The molecule has 15 atom stereocenters. The number of fused-ring (bicyclic) bond motifs is 7. The Hall–Kier alpha value is -1.60. The highest BCUT2D eigenvalue weighted by Crippen LogP contribution is 2.76. The maximum atomic E-state index is 13.0. The molecule has 0 amide bonds. The molecule has 6 rings (SSSR count). The summed E-state index contributed by atoms with van der Waals surface area (Å²) in [6.45, 7) is 12.9. The first-order valence-corrected chi connectivity index (χ1v) is 17.5. The van der Waals surface area contributed by atoms with Crippen LogP contribution in [0, 0.1) is 50.2 Å². The Kier molecular flexibility index (Phi) is 8.40. The molecule has 1 heterocycles. The van der Waals surface area contributed by atoms with Gasteiger partial charge >= 0.3 is 11.9 Å². The average molecular weight is 665 g/mol. The van der Waals surface area contributed by atoms with Crippen molar-refractivity contribution in [1.82, 2.24) is 0 Å². The number of allylic oxidation sites excluding steroid dienone is 2. The Morgan fingerprint density at radius 2 is 1.53 bits per heavy atom. The second-order valence-electron chi connectivity index (χ2n) is 17.9. The first kappa shape index (κ1) is 35.2. The number of rotatable bonds is 5. The number of carboxylic acid groups (broad SMARTS) is 2. The van der Waals surface area contributed by atoms with Crippen LogP contribution in [0.25, 0.3) is 0 Å². The Balaban J connectivity index is 1.34. The van der Waals surface area contributed by atoms with Gasteiger partial charge in [0.05, 0.1) is 24.2 Å². The molecule has 0 radical (unpaired) electrons. The number of aliphatic hydroxyl groups excluding tert-OH is 5. The summed E-state index contributed by atoms with van der Waals surface area (Å²) in [5.74, 6) is -2.21. The smallest absolute Gasteiger partial charge is 0.335 e. The summed E-state index contributed by atoms with van der Waals surface area (Å²) in [5.41, 5.74) is -1.23. The van der Waals surface area contributed by atoms with Crippen molar-refractivity contribution in [1.29, 1.82) is 0 Å². The van der Waals surface area contributed by atoms with Crippen LogP contribution in [0.3, 0.4) is 0 Å². The fraction of sp³-hybridized carbons (Fsp3) is 0.889. The molecule has 5 fully saturated rings. The van der Waals surface area contributed by atoms with Crippen LogP contribution in [0.2, 0.25) is 0 Å². The summed E-state index contributed by atoms with van der Waals surface area (Å²) in [7, 11) is 0. The summed E-state index contributed by atoms with van der Waals surface area (Å²) in [6, 6.07) is 0. The first-order valence-electron chi connectivity index (χ1n) is 17.5. The van der Waals surface area contributed by atoms with Gasteiger partial charge in [0.25, 0.3) is 0 Å². The minimum Gasteiger partial charge on any atom is -0.481 e. The summed E-state index contributed by atoms with van der Waals surface area (Å²) < 4.78 is 11.6. The third kappa shape index (κ3) is 4.77. The normalized spacial score (nSPS) is 53.8. The van der Waals surface area contributed by atoms with Crippen LogP contribution in [0.4, 0.5) is 0 Å². The van der Waals surface area contributed by atoms with Crippen molar-refractivity contribution in [2.45, 2.75) is 142 Å². The molecule has 11 nitrogen and oxygen atoms in total. The maximum absolute atomic E-state index is 13.0. The number of aliphatic hydroxyl groups is 5. The fourth-order valence-electron chi connectivity index (χ4n) is 12.3.